The van der Waals surface area contributed by atoms with Crippen molar-refractivity contribution in [2.45, 2.75) is 33.4 Å². The van der Waals surface area contributed by atoms with Gasteiger partial charge >= 0.3 is 0 Å². The Bertz CT molecular complexity index is 357. The van der Waals surface area contributed by atoms with Gasteiger partial charge in [-0.05, 0) is 37.1 Å². The minimum absolute atomic E-state index is 0.126. The van der Waals surface area contributed by atoms with Crippen molar-refractivity contribution in [1.29, 1.82) is 0 Å². The summed E-state index contributed by atoms with van der Waals surface area (Å²) in [4.78, 5) is 2.31. The van der Waals surface area contributed by atoms with Gasteiger partial charge in [0.15, 0.2) is 0 Å². The molecule has 0 bridgehead atoms. The SMILES string of the molecule is COc1ccc(CN(C)CC(C)(C)C(C)N)cc1. The average Bonchev–Trinajstić information content (AvgIpc) is 2.29. The standard InChI is InChI=1S/C15H26N2O/c1-12(16)15(2,3)11-17(4)10-13-6-8-14(18-5)9-7-13/h6-9,12H,10-11,16H2,1-5H3. The van der Waals surface area contributed by atoms with Gasteiger partial charge in [-0.3, -0.25) is 0 Å². The van der Waals surface area contributed by atoms with Crippen LogP contribution >= 0.6 is 0 Å². The highest BCUT2D eigenvalue weighted by Gasteiger charge is 2.24. The molecule has 0 saturated carbocycles. The maximum atomic E-state index is 6.01. The van der Waals surface area contributed by atoms with E-state index in [0.29, 0.717) is 0 Å². The summed E-state index contributed by atoms with van der Waals surface area (Å²) in [5.74, 6) is 0.900. The highest BCUT2D eigenvalue weighted by atomic mass is 16.5. The molecule has 0 fully saturated rings. The van der Waals surface area contributed by atoms with Gasteiger partial charge in [0.05, 0.1) is 7.11 Å². The van der Waals surface area contributed by atoms with Crippen molar-refractivity contribution in [2.75, 3.05) is 20.7 Å². The van der Waals surface area contributed by atoms with Crippen molar-refractivity contribution in [3.63, 3.8) is 0 Å². The molecule has 1 aromatic rings. The smallest absolute Gasteiger partial charge is 0.118 e. The lowest BCUT2D eigenvalue weighted by Gasteiger charge is -2.33. The lowest BCUT2D eigenvalue weighted by atomic mass is 9.85. The first-order chi connectivity index (χ1) is 8.35. The summed E-state index contributed by atoms with van der Waals surface area (Å²) in [5.41, 5.74) is 7.42. The molecule has 102 valence electrons. The molecule has 1 unspecified atom stereocenters. The molecule has 2 N–H and O–H groups in total. The van der Waals surface area contributed by atoms with Gasteiger partial charge in [-0.2, -0.15) is 0 Å². The molecule has 0 aromatic heterocycles. The van der Waals surface area contributed by atoms with Gasteiger partial charge in [0, 0.05) is 19.1 Å². The minimum Gasteiger partial charge on any atom is -0.497 e. The molecule has 0 aliphatic rings. The molecule has 3 heteroatoms. The molecule has 0 saturated heterocycles. The first kappa shape index (κ1) is 15.0. The molecule has 1 atom stereocenters. The maximum absolute atomic E-state index is 6.01. The van der Waals surface area contributed by atoms with Crippen molar-refractivity contribution in [3.8, 4) is 5.75 Å². The van der Waals surface area contributed by atoms with Crippen molar-refractivity contribution >= 4 is 0 Å². The average molecular weight is 250 g/mol. The van der Waals surface area contributed by atoms with E-state index >= 15 is 0 Å². The zero-order valence-corrected chi connectivity index (χ0v) is 12.2. The van der Waals surface area contributed by atoms with Gasteiger partial charge in [0.2, 0.25) is 0 Å². The van der Waals surface area contributed by atoms with Crippen LogP contribution in [0.4, 0.5) is 0 Å². The van der Waals surface area contributed by atoms with Crippen LogP contribution in [-0.2, 0) is 6.54 Å². The Balaban J connectivity index is 2.56. The van der Waals surface area contributed by atoms with E-state index in [9.17, 15) is 0 Å². The summed E-state index contributed by atoms with van der Waals surface area (Å²) in [5, 5.41) is 0. The van der Waals surface area contributed by atoms with Crippen LogP contribution in [0.3, 0.4) is 0 Å². The number of rotatable bonds is 6. The first-order valence-corrected chi connectivity index (χ1v) is 6.42. The zero-order chi connectivity index (χ0) is 13.8. The molecular formula is C15H26N2O. The van der Waals surface area contributed by atoms with Gasteiger partial charge in [0.25, 0.3) is 0 Å². The lowest BCUT2D eigenvalue weighted by Crippen LogP contribution is -2.42. The van der Waals surface area contributed by atoms with Crippen LogP contribution in [0.15, 0.2) is 24.3 Å². The van der Waals surface area contributed by atoms with E-state index in [1.807, 2.05) is 12.1 Å². The molecule has 0 radical (unpaired) electrons. The monoisotopic (exact) mass is 250 g/mol. The third kappa shape index (κ3) is 4.31. The molecule has 0 amide bonds. The number of nitrogens with zero attached hydrogens (tertiary/aromatic N) is 1. The third-order valence-corrected chi connectivity index (χ3v) is 3.52. The van der Waals surface area contributed by atoms with E-state index < -0.39 is 0 Å². The van der Waals surface area contributed by atoms with Gasteiger partial charge in [0.1, 0.15) is 5.75 Å². The molecule has 18 heavy (non-hydrogen) atoms. The fourth-order valence-electron chi connectivity index (χ4n) is 1.94. The topological polar surface area (TPSA) is 38.5 Å². The number of ether oxygens (including phenoxy) is 1. The molecule has 0 aliphatic heterocycles. The summed E-state index contributed by atoms with van der Waals surface area (Å²) in [6, 6.07) is 8.40. The Kier molecular flexibility index (Phi) is 5.17. The zero-order valence-electron chi connectivity index (χ0n) is 12.2. The fraction of sp³-hybridized carbons (Fsp3) is 0.600. The van der Waals surface area contributed by atoms with Crippen LogP contribution in [0.5, 0.6) is 5.75 Å². The number of benzene rings is 1. The largest absolute Gasteiger partial charge is 0.497 e. The van der Waals surface area contributed by atoms with Crippen LogP contribution in [-0.4, -0.2) is 31.6 Å². The number of methoxy groups -OCH3 is 1. The second kappa shape index (κ2) is 6.21. The van der Waals surface area contributed by atoms with E-state index in [0.717, 1.165) is 18.8 Å². The summed E-state index contributed by atoms with van der Waals surface area (Å²) >= 11 is 0. The molecule has 0 spiro atoms. The Morgan fingerprint density at radius 3 is 2.28 bits per heavy atom. The fourth-order valence-corrected chi connectivity index (χ4v) is 1.94. The Morgan fingerprint density at radius 1 is 1.28 bits per heavy atom. The van der Waals surface area contributed by atoms with E-state index in [4.69, 9.17) is 10.5 Å². The lowest BCUT2D eigenvalue weighted by molar-refractivity contribution is 0.178. The minimum atomic E-state index is 0.126. The van der Waals surface area contributed by atoms with E-state index in [2.05, 4.69) is 44.9 Å². The normalized spacial score (nSPS) is 13.7. The maximum Gasteiger partial charge on any atom is 0.118 e. The van der Waals surface area contributed by atoms with Crippen LogP contribution in [0, 0.1) is 5.41 Å². The highest BCUT2D eigenvalue weighted by molar-refractivity contribution is 5.27. The third-order valence-electron chi connectivity index (χ3n) is 3.52. The summed E-state index contributed by atoms with van der Waals surface area (Å²) in [6.45, 7) is 8.41. The molecule has 3 nitrogen and oxygen atoms in total. The van der Waals surface area contributed by atoms with Gasteiger partial charge in [-0.25, -0.2) is 0 Å². The van der Waals surface area contributed by atoms with E-state index in [1.54, 1.807) is 7.11 Å². The number of hydrogen-bond acceptors (Lipinski definition) is 3. The van der Waals surface area contributed by atoms with E-state index in [-0.39, 0.29) is 11.5 Å². The molecule has 0 aliphatic carbocycles. The van der Waals surface area contributed by atoms with Gasteiger partial charge in [-0.1, -0.05) is 26.0 Å². The predicted octanol–water partition coefficient (Wildman–Crippen LogP) is 2.50. The summed E-state index contributed by atoms with van der Waals surface area (Å²) < 4.78 is 5.16. The van der Waals surface area contributed by atoms with Gasteiger partial charge in [-0.15, -0.1) is 0 Å². The van der Waals surface area contributed by atoms with Crippen molar-refractivity contribution in [2.24, 2.45) is 11.1 Å². The van der Waals surface area contributed by atoms with Crippen LogP contribution < -0.4 is 10.5 Å². The number of nitrogens with two attached hydrogens (primary N) is 1. The Hall–Kier alpha value is -1.06. The second-order valence-corrected chi connectivity index (χ2v) is 5.80. The first-order valence-electron chi connectivity index (χ1n) is 6.42. The summed E-state index contributed by atoms with van der Waals surface area (Å²) in [6.07, 6.45) is 0. The van der Waals surface area contributed by atoms with Crippen molar-refractivity contribution in [3.05, 3.63) is 29.8 Å². The van der Waals surface area contributed by atoms with Crippen LogP contribution in [0.2, 0.25) is 0 Å². The molecular weight excluding hydrogens is 224 g/mol. The highest BCUT2D eigenvalue weighted by Crippen LogP contribution is 2.21. The molecule has 0 heterocycles. The Labute approximate surface area is 111 Å². The Morgan fingerprint density at radius 2 is 1.83 bits per heavy atom. The quantitative estimate of drug-likeness (QED) is 0.843. The van der Waals surface area contributed by atoms with Crippen molar-refractivity contribution in [1.82, 2.24) is 4.90 Å². The van der Waals surface area contributed by atoms with Crippen molar-refractivity contribution < 1.29 is 4.74 Å². The van der Waals surface area contributed by atoms with Crippen LogP contribution in [0.1, 0.15) is 26.3 Å². The number of hydrogen-bond donors (Lipinski definition) is 1. The molecule has 1 rings (SSSR count). The molecule has 1 aromatic carbocycles. The van der Waals surface area contributed by atoms with Crippen LogP contribution in [0.25, 0.3) is 0 Å². The second-order valence-electron chi connectivity index (χ2n) is 5.80. The van der Waals surface area contributed by atoms with Gasteiger partial charge < -0.3 is 15.4 Å². The summed E-state index contributed by atoms with van der Waals surface area (Å²) in [7, 11) is 3.82. The van der Waals surface area contributed by atoms with E-state index in [1.165, 1.54) is 5.56 Å². The predicted molar refractivity (Wildman–Crippen MR) is 76.8 cm³/mol.